The van der Waals surface area contributed by atoms with E-state index >= 15 is 0 Å². The molecule has 0 bridgehead atoms. The first-order valence-corrected chi connectivity index (χ1v) is 20.4. The van der Waals surface area contributed by atoms with Crippen molar-refractivity contribution in [1.29, 1.82) is 0 Å². The Morgan fingerprint density at radius 3 is 1.85 bits per heavy atom. The second-order valence-electron chi connectivity index (χ2n) is 14.9. The number of benzene rings is 7. The van der Waals surface area contributed by atoms with Crippen molar-refractivity contribution in [2.24, 2.45) is 0 Å². The molecule has 11 rings (SSSR count). The molecule has 3 nitrogen and oxygen atoms in total. The Balaban J connectivity index is 1.31. The van der Waals surface area contributed by atoms with Gasteiger partial charge in [0.25, 0.3) is 0 Å². The van der Waals surface area contributed by atoms with Gasteiger partial charge in [0.2, 0.25) is 14.0 Å². The molecule has 1 aliphatic carbocycles. The third kappa shape index (κ3) is 3.99. The molecule has 0 amide bonds. The SMILES string of the molecule is CC1(C)c2ccccc2-c2ccc3c(c21)c1ccccc1n3-c1nc(-c2ccccc2)c2c(n1)[Si](c1ccccc1)(c1ccccc1)c1ccccc1-2. The van der Waals surface area contributed by atoms with Gasteiger partial charge in [-0.2, -0.15) is 0 Å². The molecule has 0 radical (unpaired) electrons. The van der Waals surface area contributed by atoms with E-state index in [1.807, 2.05) is 0 Å². The van der Waals surface area contributed by atoms with E-state index in [0.29, 0.717) is 5.95 Å². The first-order chi connectivity index (χ1) is 26.1. The average molecular weight is 694 g/mol. The Hall–Kier alpha value is -6.36. The fraction of sp³-hybridized carbons (Fsp3) is 0.0612. The van der Waals surface area contributed by atoms with E-state index in [9.17, 15) is 0 Å². The minimum atomic E-state index is -2.92. The van der Waals surface area contributed by atoms with Crippen LogP contribution in [0.5, 0.6) is 0 Å². The van der Waals surface area contributed by atoms with Crippen molar-refractivity contribution in [3.8, 4) is 39.5 Å². The highest BCUT2D eigenvalue weighted by Crippen LogP contribution is 2.53. The molecule has 2 aromatic heterocycles. The fourth-order valence-corrected chi connectivity index (χ4v) is 14.7. The summed E-state index contributed by atoms with van der Waals surface area (Å²) in [5, 5.41) is 7.64. The lowest BCUT2D eigenvalue weighted by atomic mass is 9.80. The fourth-order valence-electron chi connectivity index (χ4n) is 9.71. The van der Waals surface area contributed by atoms with Crippen LogP contribution in [-0.2, 0) is 5.41 Å². The van der Waals surface area contributed by atoms with Gasteiger partial charge >= 0.3 is 0 Å². The first kappa shape index (κ1) is 30.3. The molecule has 2 aliphatic rings. The average Bonchev–Trinajstić information content (AvgIpc) is 3.80. The molecule has 0 fully saturated rings. The molecular weight excluding hydrogens is 659 g/mol. The molecule has 53 heavy (non-hydrogen) atoms. The maximum Gasteiger partial charge on any atom is 0.235 e. The Kier molecular flexibility index (Phi) is 6.32. The third-order valence-electron chi connectivity index (χ3n) is 11.9. The van der Waals surface area contributed by atoms with Gasteiger partial charge in [0.15, 0.2) is 0 Å². The van der Waals surface area contributed by atoms with E-state index in [0.717, 1.165) is 33.2 Å². The van der Waals surface area contributed by atoms with E-state index in [1.165, 1.54) is 54.1 Å². The van der Waals surface area contributed by atoms with Crippen LogP contribution in [0.4, 0.5) is 0 Å². The molecule has 1 aliphatic heterocycles. The highest BCUT2D eigenvalue weighted by molar-refractivity contribution is 7.21. The van der Waals surface area contributed by atoms with Crippen LogP contribution >= 0.6 is 0 Å². The van der Waals surface area contributed by atoms with E-state index in [-0.39, 0.29) is 5.41 Å². The van der Waals surface area contributed by atoms with Crippen molar-refractivity contribution in [3.05, 3.63) is 187 Å². The van der Waals surface area contributed by atoms with Crippen molar-refractivity contribution in [2.75, 3.05) is 0 Å². The molecule has 4 heteroatoms. The van der Waals surface area contributed by atoms with Gasteiger partial charge in [-0.15, -0.1) is 0 Å². The summed E-state index contributed by atoms with van der Waals surface area (Å²) in [6, 6.07) is 64.3. The number of nitrogens with zero attached hydrogens (tertiary/aromatic N) is 3. The van der Waals surface area contributed by atoms with E-state index < -0.39 is 8.07 Å². The van der Waals surface area contributed by atoms with E-state index in [1.54, 1.807) is 0 Å². The van der Waals surface area contributed by atoms with E-state index in [4.69, 9.17) is 9.97 Å². The Morgan fingerprint density at radius 2 is 1.11 bits per heavy atom. The molecule has 0 spiro atoms. The summed E-state index contributed by atoms with van der Waals surface area (Å²) in [4.78, 5) is 11.5. The minimum absolute atomic E-state index is 0.168. The van der Waals surface area contributed by atoms with Crippen molar-refractivity contribution in [3.63, 3.8) is 0 Å². The predicted octanol–water partition coefficient (Wildman–Crippen LogP) is 8.90. The summed E-state index contributed by atoms with van der Waals surface area (Å²) in [7, 11) is -2.92. The minimum Gasteiger partial charge on any atom is -0.278 e. The molecule has 9 aromatic rings. The van der Waals surface area contributed by atoms with Gasteiger partial charge in [-0.3, -0.25) is 4.57 Å². The van der Waals surface area contributed by atoms with Crippen LogP contribution in [-0.4, -0.2) is 22.6 Å². The number of aromatic nitrogens is 3. The predicted molar refractivity (Wildman–Crippen MR) is 222 cm³/mol. The van der Waals surface area contributed by atoms with Gasteiger partial charge in [0.05, 0.1) is 22.0 Å². The largest absolute Gasteiger partial charge is 0.278 e. The normalized spacial score (nSPS) is 14.5. The highest BCUT2D eigenvalue weighted by atomic mass is 28.3. The Labute approximate surface area is 309 Å². The number of hydrogen-bond acceptors (Lipinski definition) is 2. The topological polar surface area (TPSA) is 30.7 Å². The monoisotopic (exact) mass is 693 g/mol. The third-order valence-corrected chi connectivity index (χ3v) is 16.6. The lowest BCUT2D eigenvalue weighted by Crippen LogP contribution is -2.73. The van der Waals surface area contributed by atoms with Gasteiger partial charge in [-0.1, -0.05) is 178 Å². The lowest BCUT2D eigenvalue weighted by Gasteiger charge is -2.30. The second kappa shape index (κ2) is 11.1. The van der Waals surface area contributed by atoms with Gasteiger partial charge < -0.3 is 0 Å². The van der Waals surface area contributed by atoms with Crippen molar-refractivity contribution in [1.82, 2.24) is 14.5 Å². The van der Waals surface area contributed by atoms with Crippen LogP contribution in [0.15, 0.2) is 176 Å². The summed E-state index contributed by atoms with van der Waals surface area (Å²) in [5.41, 5.74) is 11.9. The molecule has 0 saturated heterocycles. The second-order valence-corrected chi connectivity index (χ2v) is 18.6. The van der Waals surface area contributed by atoms with Crippen LogP contribution in [0.1, 0.15) is 25.0 Å². The number of hydrogen-bond donors (Lipinski definition) is 0. The van der Waals surface area contributed by atoms with Crippen LogP contribution in [0.3, 0.4) is 0 Å². The molecule has 0 atom stereocenters. The standard InChI is InChI=1S/C49H35N3Si/c1-49(2)39-27-15-12-24-35(39)36-30-31-41-43(45(36)49)37-25-13-16-28-40(37)52(41)48-50-46(32-18-6-3-7-19-32)44-38-26-14-17-29-42(38)53(47(44)51-48,33-20-8-4-9-21-33)34-22-10-5-11-23-34/h3-31H,1-2H3. The van der Waals surface area contributed by atoms with Gasteiger partial charge in [0.1, 0.15) is 0 Å². The summed E-state index contributed by atoms with van der Waals surface area (Å²) in [5.74, 6) is 0.707. The molecule has 0 saturated carbocycles. The molecule has 0 unspecified atom stereocenters. The van der Waals surface area contributed by atoms with E-state index in [2.05, 4.69) is 194 Å². The molecule has 3 heterocycles. The number of rotatable bonds is 4. The van der Waals surface area contributed by atoms with Crippen molar-refractivity contribution in [2.45, 2.75) is 19.3 Å². The number of fused-ring (bicyclic) bond motifs is 10. The molecular formula is C49H35N3Si. The summed E-state index contributed by atoms with van der Waals surface area (Å²) in [6.45, 7) is 4.75. The van der Waals surface area contributed by atoms with Gasteiger partial charge in [0, 0.05) is 27.3 Å². The molecule has 250 valence electrons. The zero-order valence-electron chi connectivity index (χ0n) is 29.6. The van der Waals surface area contributed by atoms with Crippen LogP contribution in [0, 0.1) is 0 Å². The number of para-hydroxylation sites is 1. The Morgan fingerprint density at radius 1 is 0.509 bits per heavy atom. The quantitative estimate of drug-likeness (QED) is 0.173. The van der Waals surface area contributed by atoms with Crippen LogP contribution < -0.4 is 20.9 Å². The van der Waals surface area contributed by atoms with Crippen LogP contribution in [0.25, 0.3) is 61.3 Å². The van der Waals surface area contributed by atoms with Crippen molar-refractivity contribution < 1.29 is 0 Å². The van der Waals surface area contributed by atoms with Crippen molar-refractivity contribution >= 4 is 50.8 Å². The molecule has 0 N–H and O–H groups in total. The maximum absolute atomic E-state index is 5.89. The zero-order chi connectivity index (χ0) is 35.3. The Bertz CT molecular complexity index is 2870. The summed E-state index contributed by atoms with van der Waals surface area (Å²) >= 11 is 0. The van der Waals surface area contributed by atoms with Gasteiger partial charge in [-0.25, -0.2) is 9.97 Å². The smallest absolute Gasteiger partial charge is 0.235 e. The molecule has 7 aromatic carbocycles. The van der Waals surface area contributed by atoms with Crippen LogP contribution in [0.2, 0.25) is 0 Å². The maximum atomic E-state index is 5.89. The zero-order valence-corrected chi connectivity index (χ0v) is 30.6. The lowest BCUT2D eigenvalue weighted by molar-refractivity contribution is 0.666. The summed E-state index contributed by atoms with van der Waals surface area (Å²) < 4.78 is 2.34. The summed E-state index contributed by atoms with van der Waals surface area (Å²) in [6.07, 6.45) is 0. The first-order valence-electron chi connectivity index (χ1n) is 18.4. The highest BCUT2D eigenvalue weighted by Gasteiger charge is 2.51. The van der Waals surface area contributed by atoms with Gasteiger partial charge in [-0.05, 0) is 55.5 Å².